The molecule has 10 nitrogen and oxygen atoms in total. The van der Waals surface area contributed by atoms with Crippen LogP contribution in [0.15, 0.2) is 0 Å². The normalized spacial score (nSPS) is 7.20. The van der Waals surface area contributed by atoms with Crippen molar-refractivity contribution in [3.63, 3.8) is 0 Å². The zero-order chi connectivity index (χ0) is 8.41. The lowest BCUT2D eigenvalue weighted by Gasteiger charge is -1.84. The SMILES string of the molecule is NN.NNO[N+](=O)ONN. The van der Waals surface area contributed by atoms with Crippen molar-refractivity contribution >= 4 is 0 Å². The van der Waals surface area contributed by atoms with E-state index >= 15 is 0 Å². The standard InChI is InChI=1S/H6N5O3.H4N2/c1-3-7-5(6)8-4-2;1-2/h3-4H,1-2H2;1-2H2/q+1;. The molecule has 0 atom stereocenters. The second-order valence-electron chi connectivity index (χ2n) is 0.642. The molecule has 0 radical (unpaired) electrons. The molecule has 10 N–H and O–H groups in total. The Labute approximate surface area is 55.7 Å². The lowest BCUT2D eigenvalue weighted by atomic mass is 12.7. The van der Waals surface area contributed by atoms with Crippen LogP contribution in [0.3, 0.4) is 0 Å². The molecule has 0 saturated carbocycles. The molecule has 0 fully saturated rings. The van der Waals surface area contributed by atoms with Crippen LogP contribution in [0.5, 0.6) is 0 Å². The van der Waals surface area contributed by atoms with Gasteiger partial charge in [-0.05, 0) is 11.2 Å². The molecule has 0 aromatic heterocycles. The quantitative estimate of drug-likeness (QED) is 0.176. The summed E-state index contributed by atoms with van der Waals surface area (Å²) in [4.78, 5) is 17.3. The highest BCUT2D eigenvalue weighted by Gasteiger charge is 2.08. The third-order valence-corrected chi connectivity index (χ3v) is 0.254. The van der Waals surface area contributed by atoms with Gasteiger partial charge in [0.1, 0.15) is 4.91 Å². The molecule has 0 spiro atoms. The Morgan fingerprint density at radius 1 is 1.10 bits per heavy atom. The van der Waals surface area contributed by atoms with Gasteiger partial charge in [0.25, 0.3) is 0 Å². The van der Waals surface area contributed by atoms with Gasteiger partial charge in [0.15, 0.2) is 0 Å². The first kappa shape index (κ1) is 11.7. The third-order valence-electron chi connectivity index (χ3n) is 0.254. The van der Waals surface area contributed by atoms with Gasteiger partial charge in [0.05, 0.1) is 0 Å². The summed E-state index contributed by atoms with van der Waals surface area (Å²) >= 11 is 0. The topological polar surface area (TPSA) is 167 Å². The molecule has 0 aliphatic carbocycles. The molecule has 10 heteroatoms. The van der Waals surface area contributed by atoms with Gasteiger partial charge in [-0.2, -0.15) is 0 Å². The van der Waals surface area contributed by atoms with E-state index in [1.165, 1.54) is 0 Å². The number of hydrogen-bond donors (Lipinski definition) is 6. The van der Waals surface area contributed by atoms with Crippen LogP contribution in [-0.4, -0.2) is 5.09 Å². The van der Waals surface area contributed by atoms with Crippen molar-refractivity contribution in [1.29, 1.82) is 0 Å². The molecule has 0 aromatic rings. The maximum atomic E-state index is 9.83. The van der Waals surface area contributed by atoms with Crippen molar-refractivity contribution in [3.8, 4) is 0 Å². The number of nitrogens with one attached hydrogen (secondary N) is 2. The van der Waals surface area contributed by atoms with E-state index in [9.17, 15) is 4.91 Å². The maximum absolute atomic E-state index is 9.83. The molecule has 0 saturated heterocycles. The summed E-state index contributed by atoms with van der Waals surface area (Å²) in [6.45, 7) is 0. The van der Waals surface area contributed by atoms with Crippen LogP contribution in [0.4, 0.5) is 0 Å². The van der Waals surface area contributed by atoms with Gasteiger partial charge in [-0.3, -0.25) is 11.7 Å². The first-order valence-corrected chi connectivity index (χ1v) is 1.87. The van der Waals surface area contributed by atoms with Crippen molar-refractivity contribution in [3.05, 3.63) is 4.91 Å². The van der Waals surface area contributed by atoms with Crippen molar-refractivity contribution in [1.82, 2.24) is 11.2 Å². The van der Waals surface area contributed by atoms with Gasteiger partial charge in [-0.15, -0.1) is 0 Å². The Bertz CT molecular complexity index is 63.3. The highest BCUT2D eigenvalue weighted by molar-refractivity contribution is 3.65. The van der Waals surface area contributed by atoms with Crippen LogP contribution in [-0.2, 0) is 9.88 Å². The van der Waals surface area contributed by atoms with Gasteiger partial charge >= 0.3 is 5.09 Å². The molecule has 0 amide bonds. The summed E-state index contributed by atoms with van der Waals surface area (Å²) in [6, 6.07) is 0. The first-order chi connectivity index (χ1) is 4.81. The summed E-state index contributed by atoms with van der Waals surface area (Å²) in [5.74, 6) is 17.0. The molecule has 0 heterocycles. The van der Waals surface area contributed by atoms with Gasteiger partial charge in [-0.25, -0.2) is 11.7 Å². The summed E-state index contributed by atoms with van der Waals surface area (Å²) in [6.07, 6.45) is 0. The smallest absolute Gasteiger partial charge is 0.274 e. The Balaban J connectivity index is 0. The fourth-order valence-corrected chi connectivity index (χ4v) is 0.105. The number of hydrogen-bond acceptors (Lipinski definition) is 9. The summed E-state index contributed by atoms with van der Waals surface area (Å²) in [5.41, 5.74) is 3.09. The molecule has 0 unspecified atom stereocenters. The average molecular weight is 156 g/mol. The number of hydrazine groups is 3. The zero-order valence-electron chi connectivity index (χ0n) is 4.98. The Hall–Kier alpha value is -1.04. The van der Waals surface area contributed by atoms with Gasteiger partial charge in [0, 0.05) is 0 Å². The van der Waals surface area contributed by atoms with Crippen molar-refractivity contribution in [2.75, 3.05) is 0 Å². The van der Waals surface area contributed by atoms with Crippen molar-refractivity contribution in [2.24, 2.45) is 23.4 Å². The molecule has 0 aliphatic heterocycles. The third kappa shape index (κ3) is 10.0. The number of rotatable bonds is 4. The fraction of sp³-hybridized carbons (Fsp3) is 0. The Morgan fingerprint density at radius 2 is 1.40 bits per heavy atom. The minimum absolute atomic E-state index is 0.361. The average Bonchev–Trinajstić information content (AvgIpc) is 1.93. The highest BCUT2D eigenvalue weighted by atomic mass is 17.1. The van der Waals surface area contributed by atoms with Crippen molar-refractivity contribution < 1.29 is 15.0 Å². The monoisotopic (exact) mass is 156 g/mol. The molecule has 62 valence electrons. The van der Waals surface area contributed by atoms with Gasteiger partial charge in [-0.1, -0.05) is 9.88 Å². The molecule has 0 aromatic carbocycles. The molecule has 0 bridgehead atoms. The maximum Gasteiger partial charge on any atom is 0.521 e. The molecular weight excluding hydrogens is 146 g/mol. The predicted molar refractivity (Wildman–Crippen MR) is 28.8 cm³/mol. The molecular formula is H10N7O3+. The Morgan fingerprint density at radius 3 is 1.60 bits per heavy atom. The van der Waals surface area contributed by atoms with Crippen LogP contribution in [0.2, 0.25) is 0 Å². The second kappa shape index (κ2) is 10.9. The molecule has 10 heavy (non-hydrogen) atoms. The van der Waals surface area contributed by atoms with Crippen LogP contribution in [0.1, 0.15) is 0 Å². The minimum atomic E-state index is -0.361. The number of nitrogens with zero attached hydrogens (tertiary/aromatic N) is 1. The van der Waals surface area contributed by atoms with Gasteiger partial charge in [0.2, 0.25) is 0 Å². The highest BCUT2D eigenvalue weighted by Crippen LogP contribution is 1.64. The summed E-state index contributed by atoms with van der Waals surface area (Å²) in [5, 5.41) is -0.361. The molecule has 0 rings (SSSR count). The van der Waals surface area contributed by atoms with E-state index < -0.39 is 0 Å². The summed E-state index contributed by atoms with van der Waals surface area (Å²) < 4.78 is 0. The van der Waals surface area contributed by atoms with Crippen LogP contribution in [0, 0.1) is 4.91 Å². The largest absolute Gasteiger partial charge is 0.521 e. The number of nitrogens with two attached hydrogens (primary N) is 4. The lowest BCUT2D eigenvalue weighted by molar-refractivity contribution is -1.00. The van der Waals surface area contributed by atoms with Crippen LogP contribution >= 0.6 is 0 Å². The van der Waals surface area contributed by atoms with Crippen LogP contribution < -0.4 is 34.5 Å². The van der Waals surface area contributed by atoms with E-state index in [-0.39, 0.29) is 5.09 Å². The minimum Gasteiger partial charge on any atom is -0.274 e. The van der Waals surface area contributed by atoms with E-state index in [0.29, 0.717) is 0 Å². The van der Waals surface area contributed by atoms with Crippen molar-refractivity contribution in [2.45, 2.75) is 0 Å². The summed E-state index contributed by atoms with van der Waals surface area (Å²) in [7, 11) is 0. The predicted octanol–water partition coefficient (Wildman–Crippen LogP) is -3.80. The van der Waals surface area contributed by atoms with E-state index in [2.05, 4.69) is 33.2 Å². The molecule has 0 aliphatic rings. The van der Waals surface area contributed by atoms with E-state index in [1.807, 2.05) is 0 Å². The fourth-order valence-electron chi connectivity index (χ4n) is 0.105. The second-order valence-corrected chi connectivity index (χ2v) is 0.642. The Kier molecular flexibility index (Phi) is 12.7. The first-order valence-electron chi connectivity index (χ1n) is 1.87. The van der Waals surface area contributed by atoms with E-state index in [4.69, 9.17) is 0 Å². The van der Waals surface area contributed by atoms with Gasteiger partial charge < -0.3 is 0 Å². The lowest BCUT2D eigenvalue weighted by Crippen LogP contribution is -2.34. The van der Waals surface area contributed by atoms with E-state index in [0.717, 1.165) is 0 Å². The van der Waals surface area contributed by atoms with E-state index in [1.54, 1.807) is 11.2 Å². The van der Waals surface area contributed by atoms with Crippen LogP contribution in [0.25, 0.3) is 0 Å². The zero-order valence-corrected chi connectivity index (χ0v) is 4.98.